The molecule has 1 aliphatic rings. The molecule has 1 N–H and O–H groups in total. The fraction of sp³-hybridized carbons (Fsp3) is 0.0800. The maximum Gasteiger partial charge on any atom is 0.290 e. The summed E-state index contributed by atoms with van der Waals surface area (Å²) in [6, 6.07) is 16.1. The van der Waals surface area contributed by atoms with E-state index in [2.05, 4.69) is 20.9 Å². The molecule has 34 heavy (non-hydrogen) atoms. The number of aromatic nitrogens is 1. The normalized spacial score (nSPS) is 16.0. The molecule has 170 valence electrons. The van der Waals surface area contributed by atoms with Gasteiger partial charge in [0.15, 0.2) is 11.5 Å². The standard InChI is InChI=1S/C25H15BrCl2N2O4/c26-15-5-7-19-14(9-15)11-20(34-19)23(31)21-22(13-4-6-17(27)18(28)10-13)30(25(33)24(21)32)12-16-3-1-2-8-29-16/h1-11,22,32H,12H2. The molecule has 3 heterocycles. The molecule has 5 rings (SSSR count). The van der Waals surface area contributed by atoms with E-state index < -0.39 is 23.5 Å². The van der Waals surface area contributed by atoms with Crippen molar-refractivity contribution in [1.29, 1.82) is 0 Å². The number of rotatable bonds is 5. The second-order valence-electron chi connectivity index (χ2n) is 7.71. The fourth-order valence-corrected chi connectivity index (χ4v) is 4.69. The van der Waals surface area contributed by atoms with Gasteiger partial charge in [0.2, 0.25) is 5.78 Å². The van der Waals surface area contributed by atoms with Gasteiger partial charge in [0.1, 0.15) is 5.58 Å². The van der Waals surface area contributed by atoms with Crippen molar-refractivity contribution in [2.45, 2.75) is 12.6 Å². The molecule has 4 aromatic rings. The maximum absolute atomic E-state index is 13.6. The molecule has 1 unspecified atom stereocenters. The molecule has 0 fully saturated rings. The largest absolute Gasteiger partial charge is 0.503 e. The first kappa shape index (κ1) is 22.7. The van der Waals surface area contributed by atoms with E-state index in [4.69, 9.17) is 27.6 Å². The number of nitrogens with zero attached hydrogens (tertiary/aromatic N) is 2. The van der Waals surface area contributed by atoms with Crippen LogP contribution in [0.2, 0.25) is 10.0 Å². The summed E-state index contributed by atoms with van der Waals surface area (Å²) in [4.78, 5) is 32.4. The predicted molar refractivity (Wildman–Crippen MR) is 132 cm³/mol. The monoisotopic (exact) mass is 556 g/mol. The summed E-state index contributed by atoms with van der Waals surface area (Å²) in [5.41, 5.74) is 1.52. The van der Waals surface area contributed by atoms with E-state index >= 15 is 0 Å². The van der Waals surface area contributed by atoms with Crippen LogP contribution in [0, 0.1) is 0 Å². The molecule has 9 heteroatoms. The number of carbonyl (C=O) groups is 2. The lowest BCUT2D eigenvalue weighted by Gasteiger charge is -2.26. The van der Waals surface area contributed by atoms with Gasteiger partial charge >= 0.3 is 0 Å². The molecule has 0 saturated heterocycles. The number of furan rings is 1. The van der Waals surface area contributed by atoms with E-state index in [0.717, 1.165) is 4.47 Å². The SMILES string of the molecule is O=C(C1=C(O)C(=O)N(Cc2ccccn2)C1c1ccc(Cl)c(Cl)c1)c1cc2cc(Br)ccc2o1. The Bertz CT molecular complexity index is 1480. The smallest absolute Gasteiger partial charge is 0.290 e. The van der Waals surface area contributed by atoms with Crippen molar-refractivity contribution >= 4 is 61.8 Å². The second kappa shape index (κ2) is 8.91. The second-order valence-corrected chi connectivity index (χ2v) is 9.44. The van der Waals surface area contributed by atoms with Crippen LogP contribution in [0.4, 0.5) is 0 Å². The van der Waals surface area contributed by atoms with Crippen LogP contribution in [0.1, 0.15) is 27.9 Å². The summed E-state index contributed by atoms with van der Waals surface area (Å²) in [7, 11) is 0. The quantitative estimate of drug-likeness (QED) is 0.277. The number of hydrogen-bond acceptors (Lipinski definition) is 5. The number of Topliss-reactive ketones (excluding diaryl/α,β-unsaturated/α-hetero) is 1. The topological polar surface area (TPSA) is 83.6 Å². The lowest BCUT2D eigenvalue weighted by molar-refractivity contribution is -0.130. The first-order chi connectivity index (χ1) is 16.3. The lowest BCUT2D eigenvalue weighted by atomic mass is 9.95. The highest BCUT2D eigenvalue weighted by atomic mass is 79.9. The molecule has 2 aromatic heterocycles. The summed E-state index contributed by atoms with van der Waals surface area (Å²) in [5, 5.41) is 12.1. The first-order valence-electron chi connectivity index (χ1n) is 10.2. The van der Waals surface area contributed by atoms with Crippen LogP contribution in [0.3, 0.4) is 0 Å². The number of aliphatic hydroxyl groups is 1. The zero-order valence-corrected chi connectivity index (χ0v) is 20.4. The first-order valence-corrected chi connectivity index (χ1v) is 11.7. The molecule has 2 aromatic carbocycles. The van der Waals surface area contributed by atoms with Crippen LogP contribution < -0.4 is 0 Å². The molecule has 1 aliphatic heterocycles. The highest BCUT2D eigenvalue weighted by Crippen LogP contribution is 2.41. The van der Waals surface area contributed by atoms with Crippen molar-refractivity contribution in [3.8, 4) is 0 Å². The van der Waals surface area contributed by atoms with E-state index in [1.54, 1.807) is 60.8 Å². The molecular formula is C25H15BrCl2N2O4. The molecule has 0 spiro atoms. The predicted octanol–water partition coefficient (Wildman–Crippen LogP) is 6.68. The van der Waals surface area contributed by atoms with Crippen molar-refractivity contribution in [3.05, 3.63) is 110 Å². The third-order valence-electron chi connectivity index (χ3n) is 5.57. The van der Waals surface area contributed by atoms with Crippen molar-refractivity contribution in [1.82, 2.24) is 9.88 Å². The number of ketones is 1. The average Bonchev–Trinajstić information content (AvgIpc) is 3.35. The number of pyridine rings is 1. The molecule has 6 nitrogen and oxygen atoms in total. The van der Waals surface area contributed by atoms with Crippen molar-refractivity contribution in [3.63, 3.8) is 0 Å². The summed E-state index contributed by atoms with van der Waals surface area (Å²) in [6.07, 6.45) is 1.61. The Labute approximate surface area is 212 Å². The Balaban J connectivity index is 1.62. The fourth-order valence-electron chi connectivity index (χ4n) is 4.00. The highest BCUT2D eigenvalue weighted by Gasteiger charge is 2.44. The van der Waals surface area contributed by atoms with Gasteiger partial charge in [0.25, 0.3) is 5.91 Å². The van der Waals surface area contributed by atoms with Gasteiger partial charge in [-0.1, -0.05) is 51.3 Å². The lowest BCUT2D eigenvalue weighted by Crippen LogP contribution is -2.31. The number of aliphatic hydroxyl groups excluding tert-OH is 1. The number of amides is 1. The molecule has 0 bridgehead atoms. The Hall–Kier alpha value is -3.13. The van der Waals surface area contributed by atoms with Gasteiger partial charge in [-0.15, -0.1) is 0 Å². The molecule has 0 aliphatic carbocycles. The molecule has 0 radical (unpaired) electrons. The minimum Gasteiger partial charge on any atom is -0.503 e. The zero-order valence-electron chi connectivity index (χ0n) is 17.3. The maximum atomic E-state index is 13.6. The Morgan fingerprint density at radius 1 is 1.09 bits per heavy atom. The molecule has 0 saturated carbocycles. The average molecular weight is 558 g/mol. The third-order valence-corrected chi connectivity index (χ3v) is 6.80. The van der Waals surface area contributed by atoms with Crippen molar-refractivity contribution in [2.75, 3.05) is 0 Å². The summed E-state index contributed by atoms with van der Waals surface area (Å²) < 4.78 is 6.58. The summed E-state index contributed by atoms with van der Waals surface area (Å²) in [6.45, 7) is 0.0680. The van der Waals surface area contributed by atoms with Crippen LogP contribution >= 0.6 is 39.1 Å². The van der Waals surface area contributed by atoms with Crippen LogP contribution in [-0.2, 0) is 11.3 Å². The van der Waals surface area contributed by atoms with Crippen molar-refractivity contribution in [2.24, 2.45) is 0 Å². The van der Waals surface area contributed by atoms with Crippen LogP contribution in [0.5, 0.6) is 0 Å². The minimum absolute atomic E-state index is 0.00666. The van der Waals surface area contributed by atoms with Gasteiger partial charge in [-0.05, 0) is 54.1 Å². The Morgan fingerprint density at radius 3 is 2.65 bits per heavy atom. The van der Waals surface area contributed by atoms with E-state index in [1.807, 2.05) is 6.07 Å². The molecule has 1 atom stereocenters. The third kappa shape index (κ3) is 4.00. The van der Waals surface area contributed by atoms with Gasteiger partial charge < -0.3 is 14.4 Å². The van der Waals surface area contributed by atoms with E-state index in [1.165, 1.54) is 4.90 Å². The Kier molecular flexibility index (Phi) is 5.93. The number of hydrogen-bond donors (Lipinski definition) is 1. The van der Waals surface area contributed by atoms with Crippen LogP contribution in [-0.4, -0.2) is 26.7 Å². The number of benzene rings is 2. The van der Waals surface area contributed by atoms with E-state index in [0.29, 0.717) is 27.2 Å². The van der Waals surface area contributed by atoms with Gasteiger partial charge in [0, 0.05) is 16.1 Å². The number of carbonyl (C=O) groups excluding carboxylic acids is 2. The summed E-state index contributed by atoms with van der Waals surface area (Å²) in [5.74, 6) is -1.92. The number of halogens is 3. The summed E-state index contributed by atoms with van der Waals surface area (Å²) >= 11 is 15.7. The van der Waals surface area contributed by atoms with Gasteiger partial charge in [-0.2, -0.15) is 0 Å². The number of fused-ring (bicyclic) bond motifs is 1. The molecule has 1 amide bonds. The van der Waals surface area contributed by atoms with Gasteiger partial charge in [-0.3, -0.25) is 14.6 Å². The van der Waals surface area contributed by atoms with Gasteiger partial charge in [0.05, 0.1) is 33.9 Å². The van der Waals surface area contributed by atoms with E-state index in [9.17, 15) is 14.7 Å². The van der Waals surface area contributed by atoms with Crippen LogP contribution in [0.15, 0.2) is 87.1 Å². The van der Waals surface area contributed by atoms with Crippen LogP contribution in [0.25, 0.3) is 11.0 Å². The highest BCUT2D eigenvalue weighted by molar-refractivity contribution is 9.10. The minimum atomic E-state index is -0.920. The zero-order chi connectivity index (χ0) is 24.0. The Morgan fingerprint density at radius 2 is 1.91 bits per heavy atom. The van der Waals surface area contributed by atoms with Gasteiger partial charge in [-0.25, -0.2) is 0 Å². The van der Waals surface area contributed by atoms with Crippen molar-refractivity contribution < 1.29 is 19.1 Å². The molecular weight excluding hydrogens is 543 g/mol. The van der Waals surface area contributed by atoms with E-state index in [-0.39, 0.29) is 22.9 Å².